The molecule has 1 heterocycles. The molecule has 0 amide bonds. The van der Waals surface area contributed by atoms with Crippen LogP contribution in [-0.2, 0) is 13.1 Å². The molecule has 0 saturated carbocycles. The van der Waals surface area contributed by atoms with E-state index in [9.17, 15) is 0 Å². The first-order valence-electron chi connectivity index (χ1n) is 5.84. The highest BCUT2D eigenvalue weighted by atomic mass is 79.9. The van der Waals surface area contributed by atoms with Gasteiger partial charge in [0.15, 0.2) is 11.5 Å². The molecule has 0 saturated heterocycles. The molecule has 2 aromatic rings. The molecule has 0 aliphatic heterocycles. The third-order valence-electron chi connectivity index (χ3n) is 2.70. The number of ether oxygens (including phenoxy) is 2. The molecule has 2 N–H and O–H groups in total. The molecule has 5 nitrogen and oxygen atoms in total. The minimum Gasteiger partial charge on any atom is -0.493 e. The number of rotatable bonds is 6. The lowest BCUT2D eigenvalue weighted by Gasteiger charge is -2.12. The molecule has 0 unspecified atom stereocenters. The zero-order valence-corrected chi connectivity index (χ0v) is 12.5. The summed E-state index contributed by atoms with van der Waals surface area (Å²) in [6.07, 6.45) is 1.74. The van der Waals surface area contributed by atoms with Crippen LogP contribution in [0.4, 0.5) is 0 Å². The Morgan fingerprint density at radius 2 is 2.11 bits per heavy atom. The van der Waals surface area contributed by atoms with E-state index >= 15 is 0 Å². The third kappa shape index (κ3) is 3.48. The standard InChI is InChI=1S/C13H16BrN3O2/c1-18-12-6-9(5-11(14)13(12)19-2)7-15-8-10-3-4-16-17-10/h3-6,15H,7-8H2,1-2H3,(H,16,17). The Balaban J connectivity index is 2.02. The van der Waals surface area contributed by atoms with Crippen LogP contribution in [0.15, 0.2) is 28.9 Å². The van der Waals surface area contributed by atoms with Crippen LogP contribution in [0.5, 0.6) is 11.5 Å². The van der Waals surface area contributed by atoms with Crippen LogP contribution < -0.4 is 14.8 Å². The molecule has 0 aliphatic carbocycles. The van der Waals surface area contributed by atoms with Gasteiger partial charge >= 0.3 is 0 Å². The van der Waals surface area contributed by atoms with Crippen LogP contribution in [-0.4, -0.2) is 24.4 Å². The van der Waals surface area contributed by atoms with Gasteiger partial charge in [-0.25, -0.2) is 0 Å². The van der Waals surface area contributed by atoms with Crippen LogP contribution in [0.3, 0.4) is 0 Å². The second kappa shape index (κ2) is 6.58. The molecule has 0 aliphatic rings. The van der Waals surface area contributed by atoms with Crippen molar-refractivity contribution in [2.45, 2.75) is 13.1 Å². The summed E-state index contributed by atoms with van der Waals surface area (Å²) >= 11 is 3.48. The highest BCUT2D eigenvalue weighted by molar-refractivity contribution is 9.10. The van der Waals surface area contributed by atoms with Crippen LogP contribution in [0, 0.1) is 0 Å². The normalized spacial score (nSPS) is 10.5. The van der Waals surface area contributed by atoms with E-state index in [0.717, 1.165) is 34.6 Å². The van der Waals surface area contributed by atoms with Crippen molar-refractivity contribution in [1.82, 2.24) is 15.5 Å². The van der Waals surface area contributed by atoms with E-state index in [0.29, 0.717) is 5.75 Å². The maximum atomic E-state index is 5.31. The van der Waals surface area contributed by atoms with Crippen molar-refractivity contribution >= 4 is 15.9 Å². The molecule has 19 heavy (non-hydrogen) atoms. The monoisotopic (exact) mass is 325 g/mol. The second-order valence-electron chi connectivity index (χ2n) is 4.00. The van der Waals surface area contributed by atoms with Crippen molar-refractivity contribution in [3.8, 4) is 11.5 Å². The lowest BCUT2D eigenvalue weighted by Crippen LogP contribution is -2.13. The number of hydrogen-bond acceptors (Lipinski definition) is 4. The lowest BCUT2D eigenvalue weighted by molar-refractivity contribution is 0.352. The topological polar surface area (TPSA) is 59.2 Å². The van der Waals surface area contributed by atoms with Crippen molar-refractivity contribution in [2.24, 2.45) is 0 Å². The van der Waals surface area contributed by atoms with E-state index in [1.807, 2.05) is 18.2 Å². The van der Waals surface area contributed by atoms with E-state index in [4.69, 9.17) is 9.47 Å². The summed E-state index contributed by atoms with van der Waals surface area (Å²) in [6.45, 7) is 1.48. The van der Waals surface area contributed by atoms with Crippen LogP contribution in [0.1, 0.15) is 11.3 Å². The quantitative estimate of drug-likeness (QED) is 0.856. The predicted molar refractivity (Wildman–Crippen MR) is 76.4 cm³/mol. The number of aromatic nitrogens is 2. The van der Waals surface area contributed by atoms with Gasteiger partial charge in [-0.2, -0.15) is 5.10 Å². The number of aromatic amines is 1. The Hall–Kier alpha value is -1.53. The number of halogens is 1. The molecule has 0 fully saturated rings. The molecule has 2 rings (SSSR count). The Kier molecular flexibility index (Phi) is 4.81. The molecule has 0 bridgehead atoms. The van der Waals surface area contributed by atoms with Gasteiger partial charge in [-0.15, -0.1) is 0 Å². The molecule has 1 aromatic heterocycles. The number of nitrogens with zero attached hydrogens (tertiary/aromatic N) is 1. The Bertz CT molecular complexity index is 529. The minimum absolute atomic E-state index is 0.708. The van der Waals surface area contributed by atoms with Crippen molar-refractivity contribution in [3.63, 3.8) is 0 Å². The van der Waals surface area contributed by atoms with Gasteiger partial charge < -0.3 is 14.8 Å². The second-order valence-corrected chi connectivity index (χ2v) is 4.85. The van der Waals surface area contributed by atoms with Crippen molar-refractivity contribution in [2.75, 3.05) is 14.2 Å². The zero-order chi connectivity index (χ0) is 13.7. The average Bonchev–Trinajstić information content (AvgIpc) is 2.91. The number of nitrogens with one attached hydrogen (secondary N) is 2. The summed E-state index contributed by atoms with van der Waals surface area (Å²) in [5.74, 6) is 1.43. The third-order valence-corrected chi connectivity index (χ3v) is 3.29. The van der Waals surface area contributed by atoms with Crippen LogP contribution in [0.2, 0.25) is 0 Å². The van der Waals surface area contributed by atoms with Crippen LogP contribution >= 0.6 is 15.9 Å². The first kappa shape index (κ1) is 13.9. The first-order valence-corrected chi connectivity index (χ1v) is 6.63. The van der Waals surface area contributed by atoms with Gasteiger partial charge in [0.1, 0.15) is 0 Å². The fraction of sp³-hybridized carbons (Fsp3) is 0.308. The van der Waals surface area contributed by atoms with Gasteiger partial charge in [-0.1, -0.05) is 0 Å². The smallest absolute Gasteiger partial charge is 0.174 e. The summed E-state index contributed by atoms with van der Waals surface area (Å²) in [6, 6.07) is 5.92. The van der Waals surface area contributed by atoms with Gasteiger partial charge in [0.05, 0.1) is 18.7 Å². The number of H-pyrrole nitrogens is 1. The van der Waals surface area contributed by atoms with Gasteiger partial charge in [0, 0.05) is 25.0 Å². The van der Waals surface area contributed by atoms with Crippen molar-refractivity contribution in [3.05, 3.63) is 40.1 Å². The largest absolute Gasteiger partial charge is 0.493 e. The highest BCUT2D eigenvalue weighted by Crippen LogP contribution is 2.36. The summed E-state index contributed by atoms with van der Waals surface area (Å²) < 4.78 is 11.5. The molecular weight excluding hydrogens is 310 g/mol. The first-order chi connectivity index (χ1) is 9.24. The molecular formula is C13H16BrN3O2. The zero-order valence-electron chi connectivity index (χ0n) is 10.9. The van der Waals surface area contributed by atoms with Crippen LogP contribution in [0.25, 0.3) is 0 Å². The van der Waals surface area contributed by atoms with E-state index in [2.05, 4.69) is 31.4 Å². The maximum Gasteiger partial charge on any atom is 0.174 e. The number of benzene rings is 1. The van der Waals surface area contributed by atoms with Crippen molar-refractivity contribution < 1.29 is 9.47 Å². The maximum absolute atomic E-state index is 5.31. The van der Waals surface area contributed by atoms with Crippen molar-refractivity contribution in [1.29, 1.82) is 0 Å². The average molecular weight is 326 g/mol. The Morgan fingerprint density at radius 3 is 2.74 bits per heavy atom. The Labute approximate surface area is 120 Å². The molecule has 102 valence electrons. The molecule has 1 aromatic carbocycles. The van der Waals surface area contributed by atoms with E-state index < -0.39 is 0 Å². The SMILES string of the molecule is COc1cc(CNCc2ccn[nH]2)cc(Br)c1OC. The highest BCUT2D eigenvalue weighted by Gasteiger charge is 2.10. The number of hydrogen-bond donors (Lipinski definition) is 2. The summed E-state index contributed by atoms with van der Waals surface area (Å²) in [5.41, 5.74) is 2.17. The van der Waals surface area contributed by atoms with E-state index in [1.54, 1.807) is 20.4 Å². The minimum atomic E-state index is 0.708. The van der Waals surface area contributed by atoms with E-state index in [-0.39, 0.29) is 0 Å². The Morgan fingerprint density at radius 1 is 1.26 bits per heavy atom. The fourth-order valence-electron chi connectivity index (χ4n) is 1.80. The molecule has 0 radical (unpaired) electrons. The van der Waals surface area contributed by atoms with Gasteiger partial charge in [-0.3, -0.25) is 5.10 Å². The molecule has 6 heteroatoms. The summed E-state index contributed by atoms with van der Waals surface area (Å²) in [5, 5.41) is 10.1. The van der Waals surface area contributed by atoms with Gasteiger partial charge in [-0.05, 0) is 39.7 Å². The summed E-state index contributed by atoms with van der Waals surface area (Å²) in [4.78, 5) is 0. The molecule has 0 spiro atoms. The summed E-state index contributed by atoms with van der Waals surface area (Å²) in [7, 11) is 3.25. The number of methoxy groups -OCH3 is 2. The van der Waals surface area contributed by atoms with E-state index in [1.165, 1.54) is 0 Å². The van der Waals surface area contributed by atoms with Gasteiger partial charge in [0.25, 0.3) is 0 Å². The van der Waals surface area contributed by atoms with Gasteiger partial charge in [0.2, 0.25) is 0 Å². The molecule has 0 atom stereocenters. The predicted octanol–water partition coefficient (Wildman–Crippen LogP) is 2.48. The fourth-order valence-corrected chi connectivity index (χ4v) is 2.45. The lowest BCUT2D eigenvalue weighted by atomic mass is 10.2.